The van der Waals surface area contributed by atoms with Crippen molar-refractivity contribution in [3.63, 3.8) is 0 Å². The van der Waals surface area contributed by atoms with Gasteiger partial charge in [-0.25, -0.2) is 8.42 Å². The van der Waals surface area contributed by atoms with Crippen LogP contribution in [0.4, 0.5) is 18.3 Å². The Kier molecular flexibility index (Phi) is 3.79. The molecule has 0 aliphatic rings. The molecule has 0 saturated heterocycles. The molecule has 2 aromatic rings. The number of pyridine rings is 1. The molecular weight excluding hydrogens is 331 g/mol. The number of rotatable bonds is 3. The van der Waals surface area contributed by atoms with Gasteiger partial charge in [0.05, 0.1) is 5.56 Å². The molecular formula is C9H4F3N5O2S2. The van der Waals surface area contributed by atoms with Crippen LogP contribution in [-0.4, -0.2) is 23.6 Å². The van der Waals surface area contributed by atoms with E-state index < -0.39 is 26.3 Å². The van der Waals surface area contributed by atoms with Crippen molar-refractivity contribution in [2.24, 2.45) is 0 Å². The molecule has 2 aromatic heterocycles. The first-order chi connectivity index (χ1) is 9.72. The van der Waals surface area contributed by atoms with Crippen molar-refractivity contribution in [2.45, 2.75) is 11.1 Å². The zero-order chi connectivity index (χ0) is 15.7. The lowest BCUT2D eigenvalue weighted by atomic mass is 10.3. The van der Waals surface area contributed by atoms with E-state index >= 15 is 0 Å². The quantitative estimate of drug-likeness (QED) is 0.913. The van der Waals surface area contributed by atoms with Gasteiger partial charge in [0.2, 0.25) is 10.1 Å². The first-order valence-corrected chi connectivity index (χ1v) is 7.31. The van der Waals surface area contributed by atoms with Gasteiger partial charge in [0.15, 0.2) is 0 Å². The molecule has 0 fully saturated rings. The summed E-state index contributed by atoms with van der Waals surface area (Å²) >= 11 is 0.0484. The second-order valence-electron chi connectivity index (χ2n) is 3.54. The van der Waals surface area contributed by atoms with Crippen LogP contribution in [0, 0.1) is 11.3 Å². The Labute approximate surface area is 120 Å². The smallest absolute Gasteiger partial charge is 0.262 e. The molecule has 2 rings (SSSR count). The molecule has 0 amide bonds. The van der Waals surface area contributed by atoms with E-state index in [1.807, 2.05) is 4.72 Å². The van der Waals surface area contributed by atoms with Crippen molar-refractivity contribution in [3.05, 3.63) is 29.0 Å². The second kappa shape index (κ2) is 5.26. The predicted octanol–water partition coefficient (Wildman–Crippen LogP) is 1.62. The Morgan fingerprint density at radius 2 is 2.00 bits per heavy atom. The molecule has 0 aromatic carbocycles. The van der Waals surface area contributed by atoms with E-state index in [-0.39, 0.29) is 21.8 Å². The highest BCUT2D eigenvalue weighted by Crippen LogP contribution is 2.33. The lowest BCUT2D eigenvalue weighted by molar-refractivity contribution is -0.138. The van der Waals surface area contributed by atoms with Gasteiger partial charge in [-0.1, -0.05) is 11.3 Å². The van der Waals surface area contributed by atoms with Gasteiger partial charge in [0, 0.05) is 12.4 Å². The molecule has 0 unspecified atom stereocenters. The summed E-state index contributed by atoms with van der Waals surface area (Å²) in [4.78, 5) is 3.18. The van der Waals surface area contributed by atoms with Crippen LogP contribution >= 0.6 is 11.3 Å². The lowest BCUT2D eigenvalue weighted by Crippen LogP contribution is -2.13. The number of anilines is 1. The van der Waals surface area contributed by atoms with Crippen LogP contribution in [0.1, 0.15) is 10.6 Å². The number of nitriles is 1. The molecule has 21 heavy (non-hydrogen) atoms. The number of halogens is 3. The van der Waals surface area contributed by atoms with Gasteiger partial charge >= 0.3 is 6.18 Å². The van der Waals surface area contributed by atoms with Gasteiger partial charge in [-0.05, 0) is 6.07 Å². The lowest BCUT2D eigenvalue weighted by Gasteiger charge is -2.04. The van der Waals surface area contributed by atoms with E-state index in [4.69, 9.17) is 5.26 Å². The number of sulfonamides is 1. The maximum atomic E-state index is 12.3. The van der Waals surface area contributed by atoms with Crippen LogP contribution in [0.3, 0.4) is 0 Å². The average molecular weight is 335 g/mol. The molecule has 2 heterocycles. The Bertz CT molecular complexity index is 809. The van der Waals surface area contributed by atoms with Crippen molar-refractivity contribution < 1.29 is 21.6 Å². The minimum atomic E-state index is -4.70. The largest absolute Gasteiger partial charge is 0.445 e. The van der Waals surface area contributed by atoms with Crippen LogP contribution in [-0.2, 0) is 16.2 Å². The van der Waals surface area contributed by atoms with E-state index in [1.54, 1.807) is 6.07 Å². The summed E-state index contributed by atoms with van der Waals surface area (Å²) < 4.78 is 62.7. The number of hydrogen-bond acceptors (Lipinski definition) is 7. The summed E-state index contributed by atoms with van der Waals surface area (Å²) in [5, 5.41) is 12.8. The highest BCUT2D eigenvalue weighted by Gasteiger charge is 2.36. The minimum Gasteiger partial charge on any atom is -0.262 e. The Morgan fingerprint density at radius 3 is 2.57 bits per heavy atom. The summed E-state index contributed by atoms with van der Waals surface area (Å²) in [7, 11) is -4.20. The molecule has 0 aliphatic heterocycles. The highest BCUT2D eigenvalue weighted by atomic mass is 32.2. The molecule has 0 radical (unpaired) electrons. The van der Waals surface area contributed by atoms with Gasteiger partial charge in [-0.3, -0.25) is 9.71 Å². The fraction of sp³-hybridized carbons (Fsp3) is 0.111. The predicted molar refractivity (Wildman–Crippen MR) is 64.7 cm³/mol. The van der Waals surface area contributed by atoms with Crippen LogP contribution in [0.25, 0.3) is 0 Å². The van der Waals surface area contributed by atoms with Crippen molar-refractivity contribution in [3.8, 4) is 6.07 Å². The van der Waals surface area contributed by atoms with E-state index in [0.29, 0.717) is 0 Å². The summed E-state index contributed by atoms with van der Waals surface area (Å²) in [5.74, 6) is 0. The average Bonchev–Trinajstić information content (AvgIpc) is 2.86. The maximum Gasteiger partial charge on any atom is 0.445 e. The van der Waals surface area contributed by atoms with E-state index in [0.717, 1.165) is 18.5 Å². The molecule has 0 aliphatic carbocycles. The van der Waals surface area contributed by atoms with Crippen molar-refractivity contribution in [1.29, 1.82) is 5.26 Å². The van der Waals surface area contributed by atoms with E-state index in [1.165, 1.54) is 0 Å². The minimum absolute atomic E-state index is 0.00822. The molecule has 1 N–H and O–H groups in total. The van der Waals surface area contributed by atoms with Crippen LogP contribution in [0.2, 0.25) is 0 Å². The zero-order valence-corrected chi connectivity index (χ0v) is 11.4. The first-order valence-electron chi connectivity index (χ1n) is 5.01. The maximum absolute atomic E-state index is 12.3. The highest BCUT2D eigenvalue weighted by molar-refractivity contribution is 7.93. The molecule has 7 nitrogen and oxygen atoms in total. The number of nitrogens with one attached hydrogen (secondary N) is 1. The van der Waals surface area contributed by atoms with Gasteiger partial charge in [-0.2, -0.15) is 18.4 Å². The summed E-state index contributed by atoms with van der Waals surface area (Å²) in [5.41, 5.74) is -0.00822. The SMILES string of the molecule is N#Cc1cncc(S(=O)(=O)Nc2nnc(C(F)(F)F)s2)c1. The number of hydrogen-bond donors (Lipinski definition) is 1. The molecule has 0 atom stereocenters. The second-order valence-corrected chi connectivity index (χ2v) is 6.20. The summed E-state index contributed by atoms with van der Waals surface area (Å²) in [6.45, 7) is 0. The standard InChI is InChI=1S/C9H4F3N5O2S2/c10-9(11,12)7-15-16-8(20-7)17-21(18,19)6-1-5(2-13)3-14-4-6/h1,3-4H,(H,16,17). The Balaban J connectivity index is 2.29. The molecule has 110 valence electrons. The fourth-order valence-corrected chi connectivity index (χ4v) is 3.01. The van der Waals surface area contributed by atoms with E-state index in [9.17, 15) is 21.6 Å². The Hall–Kier alpha value is -2.26. The van der Waals surface area contributed by atoms with Crippen LogP contribution in [0.15, 0.2) is 23.4 Å². The zero-order valence-electron chi connectivity index (χ0n) is 9.79. The van der Waals surface area contributed by atoms with Crippen molar-refractivity contribution in [2.75, 3.05) is 4.72 Å². The number of nitrogens with zero attached hydrogens (tertiary/aromatic N) is 4. The molecule has 0 spiro atoms. The van der Waals surface area contributed by atoms with Crippen molar-refractivity contribution in [1.82, 2.24) is 15.2 Å². The van der Waals surface area contributed by atoms with Crippen LogP contribution in [0.5, 0.6) is 0 Å². The third-order valence-electron chi connectivity index (χ3n) is 2.04. The van der Waals surface area contributed by atoms with E-state index in [2.05, 4.69) is 15.2 Å². The van der Waals surface area contributed by atoms with Gasteiger partial charge in [0.25, 0.3) is 10.0 Å². The van der Waals surface area contributed by atoms with Gasteiger partial charge < -0.3 is 0 Å². The molecule has 12 heteroatoms. The number of alkyl halides is 3. The third kappa shape index (κ3) is 3.44. The van der Waals surface area contributed by atoms with Crippen molar-refractivity contribution >= 4 is 26.5 Å². The van der Waals surface area contributed by atoms with Gasteiger partial charge in [-0.15, -0.1) is 10.2 Å². The summed E-state index contributed by atoms with van der Waals surface area (Å²) in [6, 6.07) is 2.73. The first kappa shape index (κ1) is 15.1. The summed E-state index contributed by atoms with van der Waals surface area (Å²) in [6.07, 6.45) is -2.61. The molecule has 0 bridgehead atoms. The monoisotopic (exact) mass is 335 g/mol. The van der Waals surface area contributed by atoms with Gasteiger partial charge in [0.1, 0.15) is 11.0 Å². The fourth-order valence-electron chi connectivity index (χ4n) is 1.18. The number of aromatic nitrogens is 3. The Morgan fingerprint density at radius 1 is 1.29 bits per heavy atom. The molecule has 0 saturated carbocycles. The topological polar surface area (TPSA) is 109 Å². The third-order valence-corrected chi connectivity index (χ3v) is 4.36. The normalized spacial score (nSPS) is 11.9. The van der Waals surface area contributed by atoms with Crippen LogP contribution < -0.4 is 4.72 Å².